The van der Waals surface area contributed by atoms with Crippen LogP contribution in [0.1, 0.15) is 29.8 Å². The van der Waals surface area contributed by atoms with Crippen LogP contribution < -0.4 is 15.0 Å². The average Bonchev–Trinajstić information content (AvgIpc) is 2.71. The van der Waals surface area contributed by atoms with E-state index in [4.69, 9.17) is 4.74 Å². The van der Waals surface area contributed by atoms with Crippen LogP contribution in [-0.2, 0) is 9.59 Å². The van der Waals surface area contributed by atoms with Crippen LogP contribution in [0.4, 0.5) is 11.4 Å². The van der Waals surface area contributed by atoms with Gasteiger partial charge in [0.05, 0.1) is 16.7 Å². The number of ketones is 1. The lowest BCUT2D eigenvalue weighted by atomic mass is 10.1. The Hall–Kier alpha value is -2.80. The Morgan fingerprint density at radius 2 is 2.03 bits per heavy atom. The molecular weight excluding hydrogens is 388 g/mol. The SMILES string of the molecule is CCN1C(=O)COc2ccc(C(=O)C(C)SCC(=O)Nc3cccc(C)c3)cc21. The number of aryl methyl sites for hydroxylation is 1. The van der Waals surface area contributed by atoms with Crippen LogP contribution >= 0.6 is 11.8 Å². The van der Waals surface area contributed by atoms with E-state index in [1.54, 1.807) is 30.0 Å². The van der Waals surface area contributed by atoms with Crippen molar-refractivity contribution in [2.75, 3.05) is 29.1 Å². The first-order valence-electron chi connectivity index (χ1n) is 9.48. The van der Waals surface area contributed by atoms with Crippen molar-refractivity contribution in [3.05, 3.63) is 53.6 Å². The molecule has 1 heterocycles. The Balaban J connectivity index is 1.62. The smallest absolute Gasteiger partial charge is 0.265 e. The summed E-state index contributed by atoms with van der Waals surface area (Å²) in [6, 6.07) is 12.7. The molecule has 0 aromatic heterocycles. The van der Waals surface area contributed by atoms with E-state index >= 15 is 0 Å². The van der Waals surface area contributed by atoms with E-state index in [1.165, 1.54) is 11.8 Å². The highest BCUT2D eigenvalue weighted by Crippen LogP contribution is 2.33. The van der Waals surface area contributed by atoms with E-state index in [2.05, 4.69) is 5.32 Å². The first-order chi connectivity index (χ1) is 13.9. The number of carbonyl (C=O) groups is 3. The van der Waals surface area contributed by atoms with Crippen molar-refractivity contribution in [3.8, 4) is 5.75 Å². The fourth-order valence-corrected chi connectivity index (χ4v) is 3.89. The molecule has 2 aromatic carbocycles. The van der Waals surface area contributed by atoms with Gasteiger partial charge in [0.1, 0.15) is 5.75 Å². The number of likely N-dealkylation sites (N-methyl/N-ethyl adjacent to an activating group) is 1. The second-order valence-electron chi connectivity index (χ2n) is 6.84. The van der Waals surface area contributed by atoms with Gasteiger partial charge in [-0.2, -0.15) is 0 Å². The predicted octanol–water partition coefficient (Wildman–Crippen LogP) is 3.68. The zero-order chi connectivity index (χ0) is 21.0. The summed E-state index contributed by atoms with van der Waals surface area (Å²) in [5.74, 6) is 0.409. The Morgan fingerprint density at radius 1 is 1.24 bits per heavy atom. The van der Waals surface area contributed by atoms with Crippen LogP contribution in [0.3, 0.4) is 0 Å². The number of hydrogen-bond acceptors (Lipinski definition) is 5. The summed E-state index contributed by atoms with van der Waals surface area (Å²) in [6.07, 6.45) is 0. The highest BCUT2D eigenvalue weighted by Gasteiger charge is 2.26. The number of hydrogen-bond donors (Lipinski definition) is 1. The summed E-state index contributed by atoms with van der Waals surface area (Å²) < 4.78 is 5.45. The number of anilines is 2. The molecule has 1 unspecified atom stereocenters. The largest absolute Gasteiger partial charge is 0.482 e. The summed E-state index contributed by atoms with van der Waals surface area (Å²) >= 11 is 1.28. The number of ether oxygens (including phenoxy) is 1. The maximum atomic E-state index is 12.8. The molecule has 0 saturated carbocycles. The number of nitrogens with one attached hydrogen (secondary N) is 1. The van der Waals surface area contributed by atoms with Crippen LogP contribution in [0.2, 0.25) is 0 Å². The van der Waals surface area contributed by atoms with E-state index in [-0.39, 0.29) is 30.0 Å². The van der Waals surface area contributed by atoms with Crippen LogP contribution in [0.5, 0.6) is 5.75 Å². The van der Waals surface area contributed by atoms with Gasteiger partial charge >= 0.3 is 0 Å². The molecule has 152 valence electrons. The van der Waals surface area contributed by atoms with Crippen LogP contribution in [0, 0.1) is 6.92 Å². The van der Waals surface area contributed by atoms with Gasteiger partial charge in [-0.05, 0) is 56.7 Å². The molecule has 0 spiro atoms. The quantitative estimate of drug-likeness (QED) is 0.702. The number of Topliss-reactive ketones (excluding diaryl/α,β-unsaturated/α-hetero) is 1. The maximum Gasteiger partial charge on any atom is 0.265 e. The fraction of sp³-hybridized carbons (Fsp3) is 0.318. The van der Waals surface area contributed by atoms with Crippen molar-refractivity contribution >= 4 is 40.7 Å². The number of fused-ring (bicyclic) bond motifs is 1. The molecule has 0 radical (unpaired) electrons. The van der Waals surface area contributed by atoms with Gasteiger partial charge in [-0.15, -0.1) is 11.8 Å². The molecule has 0 saturated heterocycles. The van der Waals surface area contributed by atoms with Crippen molar-refractivity contribution in [3.63, 3.8) is 0 Å². The fourth-order valence-electron chi connectivity index (χ4n) is 3.13. The average molecular weight is 413 g/mol. The summed E-state index contributed by atoms with van der Waals surface area (Å²) in [6.45, 7) is 6.15. The summed E-state index contributed by atoms with van der Waals surface area (Å²) in [5, 5.41) is 2.45. The minimum absolute atomic E-state index is 0.0104. The molecule has 7 heteroatoms. The van der Waals surface area contributed by atoms with Crippen molar-refractivity contribution in [2.24, 2.45) is 0 Å². The summed E-state index contributed by atoms with van der Waals surface area (Å²) in [4.78, 5) is 38.7. The van der Waals surface area contributed by atoms with Crippen LogP contribution in [0.15, 0.2) is 42.5 Å². The monoisotopic (exact) mass is 412 g/mol. The summed E-state index contributed by atoms with van der Waals surface area (Å²) in [5.41, 5.74) is 2.92. The standard InChI is InChI=1S/C22H24N2O4S/c1-4-24-18-11-16(8-9-19(18)28-12-21(24)26)22(27)15(3)29-13-20(25)23-17-7-5-6-14(2)10-17/h5-11,15H,4,12-13H2,1-3H3,(H,23,25). The third-order valence-corrected chi connectivity index (χ3v) is 5.78. The predicted molar refractivity (Wildman–Crippen MR) is 116 cm³/mol. The van der Waals surface area contributed by atoms with Crippen molar-refractivity contribution < 1.29 is 19.1 Å². The number of benzene rings is 2. The van der Waals surface area contributed by atoms with Gasteiger partial charge in [-0.3, -0.25) is 14.4 Å². The van der Waals surface area contributed by atoms with Gasteiger partial charge in [0.15, 0.2) is 12.4 Å². The van der Waals surface area contributed by atoms with E-state index < -0.39 is 5.25 Å². The number of thioether (sulfide) groups is 1. The Labute approximate surface area is 174 Å². The third-order valence-electron chi connectivity index (χ3n) is 4.64. The topological polar surface area (TPSA) is 75.7 Å². The number of rotatable bonds is 7. The molecule has 2 amide bonds. The van der Waals surface area contributed by atoms with Gasteiger partial charge < -0.3 is 15.0 Å². The minimum atomic E-state index is -0.397. The lowest BCUT2D eigenvalue weighted by Crippen LogP contribution is -2.38. The zero-order valence-corrected chi connectivity index (χ0v) is 17.5. The normalized spacial score (nSPS) is 14.0. The molecule has 1 aliphatic rings. The van der Waals surface area contributed by atoms with Crippen molar-refractivity contribution in [1.29, 1.82) is 0 Å². The molecule has 6 nitrogen and oxygen atoms in total. The highest BCUT2D eigenvalue weighted by atomic mass is 32.2. The molecule has 0 fully saturated rings. The molecule has 1 aliphatic heterocycles. The molecule has 0 bridgehead atoms. The lowest BCUT2D eigenvalue weighted by molar-refractivity contribution is -0.121. The third kappa shape index (κ3) is 4.98. The molecule has 2 aromatic rings. The second-order valence-corrected chi connectivity index (χ2v) is 8.17. The number of amides is 2. The van der Waals surface area contributed by atoms with E-state index in [1.807, 2.05) is 38.1 Å². The zero-order valence-electron chi connectivity index (χ0n) is 16.7. The highest BCUT2D eigenvalue weighted by molar-refractivity contribution is 8.01. The van der Waals surface area contributed by atoms with Gasteiger partial charge in [0.2, 0.25) is 5.91 Å². The van der Waals surface area contributed by atoms with Gasteiger partial charge in [-0.1, -0.05) is 12.1 Å². The van der Waals surface area contributed by atoms with E-state index in [9.17, 15) is 14.4 Å². The van der Waals surface area contributed by atoms with E-state index in [0.29, 0.717) is 23.5 Å². The van der Waals surface area contributed by atoms with Crippen molar-refractivity contribution in [1.82, 2.24) is 0 Å². The van der Waals surface area contributed by atoms with Gasteiger partial charge in [-0.25, -0.2) is 0 Å². The minimum Gasteiger partial charge on any atom is -0.482 e. The Kier molecular flexibility index (Phi) is 6.59. The van der Waals surface area contributed by atoms with Crippen molar-refractivity contribution in [2.45, 2.75) is 26.0 Å². The van der Waals surface area contributed by atoms with Gasteiger partial charge in [0, 0.05) is 17.8 Å². The molecular formula is C22H24N2O4S. The number of carbonyl (C=O) groups excluding carboxylic acids is 3. The van der Waals surface area contributed by atoms with Crippen LogP contribution in [0.25, 0.3) is 0 Å². The first kappa shape index (κ1) is 20.9. The van der Waals surface area contributed by atoms with Gasteiger partial charge in [0.25, 0.3) is 5.91 Å². The molecule has 29 heavy (non-hydrogen) atoms. The van der Waals surface area contributed by atoms with E-state index in [0.717, 1.165) is 11.3 Å². The summed E-state index contributed by atoms with van der Waals surface area (Å²) in [7, 11) is 0. The molecule has 1 atom stereocenters. The first-order valence-corrected chi connectivity index (χ1v) is 10.5. The maximum absolute atomic E-state index is 12.8. The Bertz CT molecular complexity index is 944. The van der Waals surface area contributed by atoms with Crippen LogP contribution in [-0.4, -0.2) is 41.8 Å². The Morgan fingerprint density at radius 3 is 2.76 bits per heavy atom. The number of nitrogens with zero attached hydrogens (tertiary/aromatic N) is 1. The second kappa shape index (κ2) is 9.13. The molecule has 3 rings (SSSR count). The lowest BCUT2D eigenvalue weighted by Gasteiger charge is -2.28. The molecule has 1 N–H and O–H groups in total. The molecule has 0 aliphatic carbocycles.